The molecule has 1 aromatic rings. The van der Waals surface area contributed by atoms with Crippen LogP contribution in [0.3, 0.4) is 0 Å². The molecule has 1 atom stereocenters. The molecular weight excluding hydrogens is 453 g/mol. The summed E-state index contributed by atoms with van der Waals surface area (Å²) in [5.41, 5.74) is 0.667. The fourth-order valence-corrected chi connectivity index (χ4v) is 4.55. The van der Waals surface area contributed by atoms with Gasteiger partial charge in [0.1, 0.15) is 0 Å². The minimum Gasteiger partial charge on any atom is -0.475 e. The van der Waals surface area contributed by atoms with Gasteiger partial charge in [-0.25, -0.2) is 9.59 Å². The molecule has 1 spiro atoms. The molecule has 0 bridgehead atoms. The van der Waals surface area contributed by atoms with Crippen LogP contribution < -0.4 is 5.32 Å². The highest BCUT2D eigenvalue weighted by atomic mass is 19.4. The smallest absolute Gasteiger partial charge is 0.475 e. The fourth-order valence-electron chi connectivity index (χ4n) is 4.55. The van der Waals surface area contributed by atoms with E-state index in [1.165, 1.54) is 12.8 Å². The van der Waals surface area contributed by atoms with Crippen LogP contribution >= 0.6 is 0 Å². The molecule has 2 heterocycles. The van der Waals surface area contributed by atoms with Crippen LogP contribution in [0.2, 0.25) is 0 Å². The molecule has 8 nitrogen and oxygen atoms in total. The van der Waals surface area contributed by atoms with Crippen molar-refractivity contribution in [2.24, 2.45) is 11.3 Å². The average molecular weight is 485 g/mol. The van der Waals surface area contributed by atoms with E-state index in [-0.39, 0.29) is 17.4 Å². The second kappa shape index (κ2) is 10.6. The zero-order valence-electron chi connectivity index (χ0n) is 19.2. The maximum absolute atomic E-state index is 12.9. The predicted octanol–water partition coefficient (Wildman–Crippen LogP) is 3.12. The van der Waals surface area contributed by atoms with Gasteiger partial charge in [0.25, 0.3) is 0 Å². The molecular formula is C23H31F3N4O4. The van der Waals surface area contributed by atoms with Crippen molar-refractivity contribution in [3.05, 3.63) is 30.3 Å². The first-order valence-corrected chi connectivity index (χ1v) is 11.4. The first-order chi connectivity index (χ1) is 16.0. The second-order valence-corrected chi connectivity index (χ2v) is 9.28. The monoisotopic (exact) mass is 484 g/mol. The van der Waals surface area contributed by atoms with Crippen molar-refractivity contribution in [3.63, 3.8) is 0 Å². The molecule has 11 heteroatoms. The summed E-state index contributed by atoms with van der Waals surface area (Å²) in [5, 5.41) is 10.1. The van der Waals surface area contributed by atoms with Gasteiger partial charge in [0.15, 0.2) is 0 Å². The van der Waals surface area contributed by atoms with Gasteiger partial charge in [-0.1, -0.05) is 18.2 Å². The number of alkyl halides is 3. The van der Waals surface area contributed by atoms with Crippen molar-refractivity contribution < 1.29 is 32.7 Å². The molecule has 1 aliphatic carbocycles. The van der Waals surface area contributed by atoms with E-state index in [0.717, 1.165) is 44.3 Å². The van der Waals surface area contributed by atoms with Crippen molar-refractivity contribution in [2.45, 2.75) is 32.4 Å². The van der Waals surface area contributed by atoms with E-state index < -0.39 is 12.1 Å². The zero-order chi connectivity index (χ0) is 24.9. The number of carboxylic acids is 1. The summed E-state index contributed by atoms with van der Waals surface area (Å²) in [6.07, 6.45) is -1.89. The van der Waals surface area contributed by atoms with Crippen molar-refractivity contribution in [2.75, 3.05) is 51.1 Å². The molecule has 34 heavy (non-hydrogen) atoms. The van der Waals surface area contributed by atoms with Crippen LogP contribution in [0.4, 0.5) is 23.7 Å². The molecule has 3 aliphatic rings. The highest BCUT2D eigenvalue weighted by Gasteiger charge is 2.47. The van der Waals surface area contributed by atoms with Gasteiger partial charge in [0, 0.05) is 63.3 Å². The van der Waals surface area contributed by atoms with Gasteiger partial charge in [-0.05, 0) is 37.8 Å². The van der Waals surface area contributed by atoms with Crippen LogP contribution in [0, 0.1) is 11.3 Å². The molecule has 2 N–H and O–H groups in total. The average Bonchev–Trinajstić information content (AvgIpc) is 3.55. The lowest BCUT2D eigenvalue weighted by Crippen LogP contribution is -2.45. The molecule has 2 aliphatic heterocycles. The van der Waals surface area contributed by atoms with Crippen LogP contribution in [-0.4, -0.2) is 89.7 Å². The van der Waals surface area contributed by atoms with Crippen LogP contribution in [0.1, 0.15) is 26.2 Å². The first kappa shape index (κ1) is 25.8. The summed E-state index contributed by atoms with van der Waals surface area (Å²) in [6, 6.07) is 9.54. The molecule has 2 saturated heterocycles. The molecule has 3 fully saturated rings. The number of nitrogens with zero attached hydrogens (tertiary/aromatic N) is 3. The van der Waals surface area contributed by atoms with Crippen LogP contribution in [0.5, 0.6) is 0 Å². The molecule has 0 aromatic heterocycles. The summed E-state index contributed by atoms with van der Waals surface area (Å²) >= 11 is 0. The standard InChI is InChI=1S/C21H30N4O2.C2HF3O2/c1-2-24-15-21(12-19(24)26)14-23(13-17-8-9-17)10-11-25(16-21)20(27)22-18-6-4-3-5-7-18;3-2(4,5)1(6)7/h3-7,17H,2,8-16H2,1H3,(H,22,27);(H,6,7). The van der Waals surface area contributed by atoms with Crippen molar-refractivity contribution in [3.8, 4) is 0 Å². The number of anilines is 1. The topological polar surface area (TPSA) is 93.2 Å². The normalized spacial score (nSPS) is 23.4. The Labute approximate surface area is 196 Å². The van der Waals surface area contributed by atoms with Crippen LogP contribution in [0.15, 0.2) is 30.3 Å². The van der Waals surface area contributed by atoms with Crippen LogP contribution in [-0.2, 0) is 9.59 Å². The first-order valence-electron chi connectivity index (χ1n) is 11.4. The number of para-hydroxylation sites is 1. The van der Waals surface area contributed by atoms with Gasteiger partial charge in [-0.2, -0.15) is 13.2 Å². The maximum Gasteiger partial charge on any atom is 0.490 e. The number of halogens is 3. The molecule has 188 valence electrons. The number of benzene rings is 1. The van der Waals surface area contributed by atoms with Crippen molar-refractivity contribution >= 4 is 23.6 Å². The summed E-state index contributed by atoms with van der Waals surface area (Å²) < 4.78 is 31.7. The molecule has 1 unspecified atom stereocenters. The third-order valence-electron chi connectivity index (χ3n) is 6.33. The Morgan fingerprint density at radius 2 is 1.76 bits per heavy atom. The van der Waals surface area contributed by atoms with E-state index >= 15 is 0 Å². The number of urea groups is 1. The molecule has 1 aromatic carbocycles. The minimum atomic E-state index is -5.08. The predicted molar refractivity (Wildman–Crippen MR) is 119 cm³/mol. The van der Waals surface area contributed by atoms with Crippen LogP contribution in [0.25, 0.3) is 0 Å². The number of hydrogen-bond acceptors (Lipinski definition) is 4. The van der Waals surface area contributed by atoms with Crippen molar-refractivity contribution in [1.29, 1.82) is 0 Å². The van der Waals surface area contributed by atoms with E-state index in [1.807, 2.05) is 47.1 Å². The molecule has 3 amide bonds. The zero-order valence-corrected chi connectivity index (χ0v) is 19.2. The Morgan fingerprint density at radius 3 is 2.29 bits per heavy atom. The Bertz CT molecular complexity index is 879. The lowest BCUT2D eigenvalue weighted by Gasteiger charge is -2.33. The van der Waals surface area contributed by atoms with Gasteiger partial charge >= 0.3 is 18.2 Å². The third kappa shape index (κ3) is 7.09. The number of amides is 3. The van der Waals surface area contributed by atoms with Gasteiger partial charge < -0.3 is 25.1 Å². The quantitative estimate of drug-likeness (QED) is 0.685. The number of likely N-dealkylation sites (tertiary alicyclic amines) is 1. The Kier molecular flexibility index (Phi) is 8.06. The van der Waals surface area contributed by atoms with Gasteiger partial charge in [-0.15, -0.1) is 0 Å². The lowest BCUT2D eigenvalue weighted by molar-refractivity contribution is -0.192. The van der Waals surface area contributed by atoms with Gasteiger partial charge in [0.05, 0.1) is 0 Å². The van der Waals surface area contributed by atoms with E-state index in [9.17, 15) is 22.8 Å². The van der Waals surface area contributed by atoms with Gasteiger partial charge in [-0.3, -0.25) is 4.79 Å². The lowest BCUT2D eigenvalue weighted by atomic mass is 9.86. The van der Waals surface area contributed by atoms with E-state index in [1.54, 1.807) is 0 Å². The Morgan fingerprint density at radius 1 is 1.12 bits per heavy atom. The molecule has 1 saturated carbocycles. The summed E-state index contributed by atoms with van der Waals surface area (Å²) in [7, 11) is 0. The van der Waals surface area contributed by atoms with Gasteiger partial charge in [0.2, 0.25) is 5.91 Å². The van der Waals surface area contributed by atoms with E-state index in [4.69, 9.17) is 9.90 Å². The number of carbonyl (C=O) groups is 3. The van der Waals surface area contributed by atoms with E-state index in [2.05, 4.69) is 10.2 Å². The maximum atomic E-state index is 12.9. The third-order valence-corrected chi connectivity index (χ3v) is 6.33. The molecule has 0 radical (unpaired) electrons. The number of hydrogen-bond donors (Lipinski definition) is 2. The van der Waals surface area contributed by atoms with E-state index in [0.29, 0.717) is 19.5 Å². The number of carboxylic acid groups (broad SMARTS) is 1. The summed E-state index contributed by atoms with van der Waals surface area (Å²) in [4.78, 5) is 40.7. The van der Waals surface area contributed by atoms with Crippen molar-refractivity contribution in [1.82, 2.24) is 14.7 Å². The highest BCUT2D eigenvalue weighted by molar-refractivity contribution is 5.89. The summed E-state index contributed by atoms with van der Waals surface area (Å²) in [5.74, 6) is -1.71. The Balaban J connectivity index is 0.000000406. The number of aliphatic carboxylic acids is 1. The minimum absolute atomic E-state index is 0.0590. The molecule has 4 rings (SSSR count). The number of nitrogens with one attached hydrogen (secondary N) is 1. The highest BCUT2D eigenvalue weighted by Crippen LogP contribution is 2.37. The second-order valence-electron chi connectivity index (χ2n) is 9.28. The SMILES string of the molecule is CCN1CC2(CC1=O)CN(CC1CC1)CCN(C(=O)Nc1ccccc1)C2.O=C(O)C(F)(F)F. The number of carbonyl (C=O) groups excluding carboxylic acids is 2. The summed E-state index contributed by atoms with van der Waals surface area (Å²) in [6.45, 7) is 7.83. The fraction of sp³-hybridized carbons (Fsp3) is 0.609. The Hall–Kier alpha value is -2.82. The largest absolute Gasteiger partial charge is 0.490 e. The number of rotatable bonds is 4.